The van der Waals surface area contributed by atoms with E-state index in [1.54, 1.807) is 0 Å². The number of rotatable bonds is 2. The summed E-state index contributed by atoms with van der Waals surface area (Å²) < 4.78 is 1.01. The second-order valence-electron chi connectivity index (χ2n) is 2.63. The molecule has 1 N–H and O–H groups in total. The van der Waals surface area contributed by atoms with E-state index in [1.165, 1.54) is 0 Å². The number of hydrogen-bond acceptors (Lipinski definition) is 1. The monoisotopic (exact) mass is 227 g/mol. The fourth-order valence-corrected chi connectivity index (χ4v) is 1.43. The predicted octanol–water partition coefficient (Wildman–Crippen LogP) is 2.63. The van der Waals surface area contributed by atoms with E-state index < -0.39 is 0 Å². The Bertz CT molecular complexity index is 310. The minimum absolute atomic E-state index is 0.696. The fourth-order valence-electron chi connectivity index (χ4n) is 1.10. The van der Waals surface area contributed by atoms with Gasteiger partial charge in [0, 0.05) is 10.2 Å². The third kappa shape index (κ3) is 1.67. The number of amides is 1. The summed E-state index contributed by atoms with van der Waals surface area (Å²) in [5.41, 5.74) is 3.02. The molecule has 0 aromatic heterocycles. The first-order valence-corrected chi connectivity index (χ1v) is 4.42. The maximum atomic E-state index is 10.3. The minimum Gasteiger partial charge on any atom is -0.328 e. The van der Waals surface area contributed by atoms with Gasteiger partial charge in [0.2, 0.25) is 6.41 Å². The van der Waals surface area contributed by atoms with Crippen LogP contribution in [0.25, 0.3) is 0 Å². The molecule has 0 heterocycles. The molecule has 1 rings (SSSR count). The zero-order valence-corrected chi connectivity index (χ0v) is 8.60. The number of benzene rings is 1. The molecule has 0 unspecified atom stereocenters. The Morgan fingerprint density at radius 1 is 1.42 bits per heavy atom. The van der Waals surface area contributed by atoms with Gasteiger partial charge < -0.3 is 5.32 Å². The van der Waals surface area contributed by atoms with E-state index in [1.807, 2.05) is 26.0 Å². The van der Waals surface area contributed by atoms with Crippen molar-refractivity contribution in [2.45, 2.75) is 13.8 Å². The highest BCUT2D eigenvalue weighted by molar-refractivity contribution is 9.10. The van der Waals surface area contributed by atoms with Gasteiger partial charge in [0.1, 0.15) is 0 Å². The Kier molecular flexibility index (Phi) is 2.87. The van der Waals surface area contributed by atoms with E-state index in [0.717, 1.165) is 21.3 Å². The Morgan fingerprint density at radius 2 is 2.08 bits per heavy atom. The van der Waals surface area contributed by atoms with Gasteiger partial charge in [0.05, 0.1) is 0 Å². The summed E-state index contributed by atoms with van der Waals surface area (Å²) in [5, 5.41) is 2.67. The second kappa shape index (κ2) is 3.72. The number of hydrogen-bond donors (Lipinski definition) is 1. The third-order valence-electron chi connectivity index (χ3n) is 1.81. The van der Waals surface area contributed by atoms with Crippen molar-refractivity contribution in [1.82, 2.24) is 0 Å². The molecule has 0 fully saturated rings. The first kappa shape index (κ1) is 9.26. The van der Waals surface area contributed by atoms with Crippen LogP contribution in [0.5, 0.6) is 0 Å². The minimum atomic E-state index is 0.696. The van der Waals surface area contributed by atoms with Gasteiger partial charge in [-0.15, -0.1) is 0 Å². The van der Waals surface area contributed by atoms with Gasteiger partial charge in [0.25, 0.3) is 0 Å². The highest BCUT2D eigenvalue weighted by Gasteiger charge is 2.03. The lowest BCUT2D eigenvalue weighted by Crippen LogP contribution is -1.99. The third-order valence-corrected chi connectivity index (χ3v) is 2.67. The van der Waals surface area contributed by atoms with Crippen LogP contribution in [0.3, 0.4) is 0 Å². The lowest BCUT2D eigenvalue weighted by Gasteiger charge is -2.08. The topological polar surface area (TPSA) is 29.1 Å². The van der Waals surface area contributed by atoms with E-state index in [9.17, 15) is 4.79 Å². The summed E-state index contributed by atoms with van der Waals surface area (Å²) in [5.74, 6) is 0. The van der Waals surface area contributed by atoms with E-state index in [4.69, 9.17) is 0 Å². The maximum absolute atomic E-state index is 10.3. The van der Waals surface area contributed by atoms with Crippen LogP contribution in [0, 0.1) is 13.8 Å². The van der Waals surface area contributed by atoms with Gasteiger partial charge in [-0.3, -0.25) is 4.79 Å². The molecule has 0 aliphatic carbocycles. The summed E-state index contributed by atoms with van der Waals surface area (Å²) in [4.78, 5) is 10.3. The number of nitrogens with one attached hydrogen (secondary N) is 1. The average Bonchev–Trinajstić information content (AvgIpc) is 2.06. The molecule has 12 heavy (non-hydrogen) atoms. The maximum Gasteiger partial charge on any atom is 0.211 e. The molecular formula is C9H10BrNO. The molecule has 64 valence electrons. The van der Waals surface area contributed by atoms with Crippen LogP contribution in [0.4, 0.5) is 5.69 Å². The van der Waals surface area contributed by atoms with Crippen LogP contribution in [0.2, 0.25) is 0 Å². The molecule has 2 nitrogen and oxygen atoms in total. The van der Waals surface area contributed by atoms with Gasteiger partial charge in [-0.1, -0.05) is 22.0 Å². The molecule has 0 saturated heterocycles. The Morgan fingerprint density at radius 3 is 2.67 bits per heavy atom. The van der Waals surface area contributed by atoms with Crippen molar-refractivity contribution in [1.29, 1.82) is 0 Å². The SMILES string of the molecule is Cc1ccc(Br)c(C)c1NC=O. The van der Waals surface area contributed by atoms with Gasteiger partial charge in [-0.2, -0.15) is 0 Å². The lowest BCUT2D eigenvalue weighted by atomic mass is 10.1. The van der Waals surface area contributed by atoms with E-state index >= 15 is 0 Å². The van der Waals surface area contributed by atoms with E-state index in [-0.39, 0.29) is 0 Å². The summed E-state index contributed by atoms with van der Waals surface area (Å²) in [6, 6.07) is 3.93. The van der Waals surface area contributed by atoms with E-state index in [2.05, 4.69) is 21.2 Å². The molecule has 0 bridgehead atoms. The largest absolute Gasteiger partial charge is 0.328 e. The molecule has 0 aliphatic heterocycles. The van der Waals surface area contributed by atoms with Crippen LogP contribution in [0.1, 0.15) is 11.1 Å². The van der Waals surface area contributed by atoms with Crippen LogP contribution in [-0.2, 0) is 4.79 Å². The Hall–Kier alpha value is -0.830. The highest BCUT2D eigenvalue weighted by atomic mass is 79.9. The Balaban J connectivity index is 3.22. The predicted molar refractivity (Wildman–Crippen MR) is 53.3 cm³/mol. The zero-order valence-electron chi connectivity index (χ0n) is 7.02. The molecule has 0 spiro atoms. The molecule has 0 radical (unpaired) electrons. The van der Waals surface area contributed by atoms with Crippen molar-refractivity contribution in [3.05, 3.63) is 27.7 Å². The van der Waals surface area contributed by atoms with Crippen molar-refractivity contribution >= 4 is 28.0 Å². The highest BCUT2D eigenvalue weighted by Crippen LogP contribution is 2.26. The molecule has 1 aromatic rings. The normalized spacial score (nSPS) is 9.58. The van der Waals surface area contributed by atoms with Crippen molar-refractivity contribution in [2.24, 2.45) is 0 Å². The number of aryl methyl sites for hydroxylation is 1. The second-order valence-corrected chi connectivity index (χ2v) is 3.48. The van der Waals surface area contributed by atoms with Gasteiger partial charge >= 0.3 is 0 Å². The number of carbonyl (C=O) groups is 1. The first-order chi connectivity index (χ1) is 5.66. The van der Waals surface area contributed by atoms with E-state index in [0.29, 0.717) is 6.41 Å². The van der Waals surface area contributed by atoms with Crippen LogP contribution in [0.15, 0.2) is 16.6 Å². The summed E-state index contributed by atoms with van der Waals surface area (Å²) >= 11 is 3.39. The molecule has 0 atom stereocenters. The zero-order chi connectivity index (χ0) is 9.14. The average molecular weight is 228 g/mol. The van der Waals surface area contributed by atoms with Crippen LogP contribution in [-0.4, -0.2) is 6.41 Å². The molecular weight excluding hydrogens is 218 g/mol. The molecule has 1 amide bonds. The first-order valence-electron chi connectivity index (χ1n) is 3.62. The van der Waals surface area contributed by atoms with Gasteiger partial charge in [-0.25, -0.2) is 0 Å². The summed E-state index contributed by atoms with van der Waals surface area (Å²) in [6.07, 6.45) is 0.696. The van der Waals surface area contributed by atoms with Crippen molar-refractivity contribution in [2.75, 3.05) is 5.32 Å². The fraction of sp³-hybridized carbons (Fsp3) is 0.222. The summed E-state index contributed by atoms with van der Waals surface area (Å²) in [6.45, 7) is 3.92. The number of anilines is 1. The van der Waals surface area contributed by atoms with Crippen molar-refractivity contribution in [3.8, 4) is 0 Å². The van der Waals surface area contributed by atoms with Crippen molar-refractivity contribution in [3.63, 3.8) is 0 Å². The van der Waals surface area contributed by atoms with Crippen LogP contribution < -0.4 is 5.32 Å². The lowest BCUT2D eigenvalue weighted by molar-refractivity contribution is -0.105. The molecule has 0 saturated carbocycles. The van der Waals surface area contributed by atoms with Crippen LogP contribution >= 0.6 is 15.9 Å². The van der Waals surface area contributed by atoms with Crippen molar-refractivity contribution < 1.29 is 4.79 Å². The molecule has 0 aliphatic rings. The number of halogens is 1. The molecule has 3 heteroatoms. The standard InChI is InChI=1S/C9H10BrNO/c1-6-3-4-8(10)7(2)9(6)11-5-12/h3-5H,1-2H3,(H,11,12). The smallest absolute Gasteiger partial charge is 0.211 e. The van der Waals surface area contributed by atoms with Gasteiger partial charge in [-0.05, 0) is 31.0 Å². The quantitative estimate of drug-likeness (QED) is 0.774. The Labute approximate surface area is 80.1 Å². The number of carbonyl (C=O) groups excluding carboxylic acids is 1. The summed E-state index contributed by atoms with van der Waals surface area (Å²) in [7, 11) is 0. The molecule has 1 aromatic carbocycles. The van der Waals surface area contributed by atoms with Gasteiger partial charge in [0.15, 0.2) is 0 Å².